The van der Waals surface area contributed by atoms with E-state index in [4.69, 9.17) is 14.2 Å². The molecule has 0 heterocycles. The Bertz CT molecular complexity index is 616. The van der Waals surface area contributed by atoms with Crippen molar-refractivity contribution in [3.63, 3.8) is 0 Å². The third-order valence-electron chi connectivity index (χ3n) is 4.33. The largest absolute Gasteiger partial charge is 0.496 e. The van der Waals surface area contributed by atoms with Crippen molar-refractivity contribution in [2.24, 2.45) is 5.41 Å². The lowest BCUT2D eigenvalue weighted by molar-refractivity contribution is -0.128. The van der Waals surface area contributed by atoms with E-state index >= 15 is 0 Å². The van der Waals surface area contributed by atoms with Crippen LogP contribution >= 0.6 is 0 Å². The molecule has 6 nitrogen and oxygen atoms in total. The van der Waals surface area contributed by atoms with Crippen LogP contribution in [-0.4, -0.2) is 27.2 Å². The van der Waals surface area contributed by atoms with Gasteiger partial charge in [0, 0.05) is 18.2 Å². The maximum Gasteiger partial charge on any atom is 0.240 e. The topological polar surface area (TPSA) is 80.6 Å². The zero-order chi connectivity index (χ0) is 16.9. The zero-order valence-electron chi connectivity index (χ0n) is 13.8. The van der Waals surface area contributed by atoms with E-state index in [0.29, 0.717) is 30.1 Å². The van der Waals surface area contributed by atoms with Crippen LogP contribution in [0.25, 0.3) is 0 Å². The summed E-state index contributed by atoms with van der Waals surface area (Å²) in [5.74, 6) is 1.51. The van der Waals surface area contributed by atoms with E-state index in [2.05, 4.69) is 11.4 Å². The number of benzene rings is 1. The Hall–Kier alpha value is -2.42. The van der Waals surface area contributed by atoms with E-state index < -0.39 is 5.41 Å². The summed E-state index contributed by atoms with van der Waals surface area (Å²) in [5, 5.41) is 12.2. The summed E-state index contributed by atoms with van der Waals surface area (Å²) in [6.07, 6.45) is 3.08. The molecule has 1 N–H and O–H groups in total. The lowest BCUT2D eigenvalue weighted by atomic mass is 9.87. The van der Waals surface area contributed by atoms with Gasteiger partial charge < -0.3 is 19.5 Å². The molecule has 1 saturated carbocycles. The Morgan fingerprint density at radius 1 is 1.13 bits per heavy atom. The fourth-order valence-electron chi connectivity index (χ4n) is 2.94. The predicted molar refractivity (Wildman–Crippen MR) is 84.5 cm³/mol. The molecule has 1 fully saturated rings. The number of nitriles is 1. The Morgan fingerprint density at radius 3 is 2.22 bits per heavy atom. The molecule has 0 spiro atoms. The molecule has 0 saturated heterocycles. The zero-order valence-corrected chi connectivity index (χ0v) is 13.8. The number of nitrogens with one attached hydrogen (secondary N) is 1. The highest BCUT2D eigenvalue weighted by atomic mass is 16.5. The van der Waals surface area contributed by atoms with Crippen LogP contribution in [0.1, 0.15) is 31.2 Å². The first-order valence-electron chi connectivity index (χ1n) is 7.58. The summed E-state index contributed by atoms with van der Waals surface area (Å²) >= 11 is 0. The number of hydrogen-bond donors (Lipinski definition) is 1. The molecule has 124 valence electrons. The van der Waals surface area contributed by atoms with Crippen molar-refractivity contribution in [3.05, 3.63) is 17.7 Å². The summed E-state index contributed by atoms with van der Waals surface area (Å²) in [6, 6.07) is 5.68. The summed E-state index contributed by atoms with van der Waals surface area (Å²) in [5.41, 5.74) is -0.117. The maximum absolute atomic E-state index is 12.4. The van der Waals surface area contributed by atoms with Gasteiger partial charge in [-0.3, -0.25) is 4.79 Å². The highest BCUT2D eigenvalue weighted by Gasteiger charge is 2.41. The van der Waals surface area contributed by atoms with Crippen molar-refractivity contribution in [3.8, 4) is 23.3 Å². The molecule has 1 aliphatic carbocycles. The van der Waals surface area contributed by atoms with Crippen molar-refractivity contribution in [2.45, 2.75) is 32.2 Å². The summed E-state index contributed by atoms with van der Waals surface area (Å²) in [7, 11) is 4.66. The number of amides is 1. The smallest absolute Gasteiger partial charge is 0.240 e. The van der Waals surface area contributed by atoms with Gasteiger partial charge in [0.1, 0.15) is 11.2 Å². The number of carbonyl (C=O) groups is 1. The van der Waals surface area contributed by atoms with E-state index in [0.717, 1.165) is 18.4 Å². The SMILES string of the molecule is COc1cc(OC)c(OC)cc1CNC(=O)C1(C#N)CCCC1. The molecule has 1 aromatic rings. The van der Waals surface area contributed by atoms with Crippen LogP contribution in [0.2, 0.25) is 0 Å². The second-order valence-corrected chi connectivity index (χ2v) is 5.60. The minimum absolute atomic E-state index is 0.214. The number of ether oxygens (including phenoxy) is 3. The van der Waals surface area contributed by atoms with Crippen molar-refractivity contribution in [2.75, 3.05) is 21.3 Å². The molecule has 0 bridgehead atoms. The number of methoxy groups -OCH3 is 3. The summed E-state index contributed by atoms with van der Waals surface area (Å²) in [4.78, 5) is 12.4. The molecular formula is C17H22N2O4. The Labute approximate surface area is 136 Å². The number of rotatable bonds is 6. The molecule has 1 aromatic carbocycles. The quantitative estimate of drug-likeness (QED) is 0.871. The highest BCUT2D eigenvalue weighted by molar-refractivity contribution is 5.85. The van der Waals surface area contributed by atoms with E-state index in [1.807, 2.05) is 0 Å². The molecule has 23 heavy (non-hydrogen) atoms. The van der Waals surface area contributed by atoms with Gasteiger partial charge in [0.05, 0.1) is 27.4 Å². The van der Waals surface area contributed by atoms with E-state index in [9.17, 15) is 10.1 Å². The first-order chi connectivity index (χ1) is 11.1. The molecule has 1 amide bonds. The number of carbonyl (C=O) groups excluding carboxylic acids is 1. The van der Waals surface area contributed by atoms with Crippen LogP contribution in [0.3, 0.4) is 0 Å². The van der Waals surface area contributed by atoms with Crippen molar-refractivity contribution < 1.29 is 19.0 Å². The average molecular weight is 318 g/mol. The molecule has 2 rings (SSSR count). The second kappa shape index (κ2) is 7.23. The third-order valence-corrected chi connectivity index (χ3v) is 4.33. The molecule has 6 heteroatoms. The van der Waals surface area contributed by atoms with Gasteiger partial charge in [-0.15, -0.1) is 0 Å². The summed E-state index contributed by atoms with van der Waals surface area (Å²) < 4.78 is 15.9. The molecule has 0 aromatic heterocycles. The third kappa shape index (κ3) is 3.34. The van der Waals surface area contributed by atoms with Crippen LogP contribution in [0.5, 0.6) is 17.2 Å². The van der Waals surface area contributed by atoms with Crippen LogP contribution < -0.4 is 19.5 Å². The van der Waals surface area contributed by atoms with Gasteiger partial charge >= 0.3 is 0 Å². The maximum atomic E-state index is 12.4. The first-order valence-corrected chi connectivity index (χ1v) is 7.58. The fraction of sp³-hybridized carbons (Fsp3) is 0.529. The van der Waals surface area contributed by atoms with Gasteiger partial charge in [0.2, 0.25) is 5.91 Å². The van der Waals surface area contributed by atoms with Crippen LogP contribution in [0.4, 0.5) is 0 Å². The van der Waals surface area contributed by atoms with Crippen molar-refractivity contribution in [1.29, 1.82) is 5.26 Å². The number of nitrogens with zero attached hydrogens (tertiary/aromatic N) is 1. The van der Waals surface area contributed by atoms with E-state index in [-0.39, 0.29) is 12.5 Å². The average Bonchev–Trinajstić information content (AvgIpc) is 3.09. The molecule has 1 aliphatic rings. The summed E-state index contributed by atoms with van der Waals surface area (Å²) in [6.45, 7) is 0.270. The molecule has 0 aliphatic heterocycles. The van der Waals surface area contributed by atoms with E-state index in [1.165, 1.54) is 0 Å². The standard InChI is InChI=1S/C17H22N2O4/c1-21-13-9-15(23-3)14(22-2)8-12(13)10-19-16(20)17(11-18)6-4-5-7-17/h8-9H,4-7,10H2,1-3H3,(H,19,20). The van der Waals surface area contributed by atoms with Gasteiger partial charge in [0.25, 0.3) is 0 Å². The minimum atomic E-state index is -0.885. The van der Waals surface area contributed by atoms with Crippen LogP contribution in [-0.2, 0) is 11.3 Å². The Balaban J connectivity index is 2.16. The normalized spacial score (nSPS) is 15.6. The van der Waals surface area contributed by atoms with Crippen molar-refractivity contribution in [1.82, 2.24) is 5.32 Å². The highest BCUT2D eigenvalue weighted by Crippen LogP contribution is 2.38. The predicted octanol–water partition coefficient (Wildman–Crippen LogP) is 2.41. The van der Waals surface area contributed by atoms with Crippen LogP contribution in [0.15, 0.2) is 12.1 Å². The van der Waals surface area contributed by atoms with Crippen LogP contribution in [0, 0.1) is 16.7 Å². The van der Waals surface area contributed by atoms with Gasteiger partial charge in [-0.1, -0.05) is 12.8 Å². The molecular weight excluding hydrogens is 296 g/mol. The minimum Gasteiger partial charge on any atom is -0.496 e. The number of hydrogen-bond acceptors (Lipinski definition) is 5. The van der Waals surface area contributed by atoms with E-state index in [1.54, 1.807) is 33.5 Å². The van der Waals surface area contributed by atoms with Crippen molar-refractivity contribution >= 4 is 5.91 Å². The fourth-order valence-corrected chi connectivity index (χ4v) is 2.94. The molecule has 0 atom stereocenters. The Kier molecular flexibility index (Phi) is 5.32. The lowest BCUT2D eigenvalue weighted by Gasteiger charge is -2.20. The first kappa shape index (κ1) is 16.9. The Morgan fingerprint density at radius 2 is 1.70 bits per heavy atom. The molecule has 0 unspecified atom stereocenters. The monoisotopic (exact) mass is 318 g/mol. The van der Waals surface area contributed by atoms with Gasteiger partial charge in [-0.2, -0.15) is 5.26 Å². The van der Waals surface area contributed by atoms with Gasteiger partial charge in [-0.25, -0.2) is 0 Å². The lowest BCUT2D eigenvalue weighted by Crippen LogP contribution is -2.37. The van der Waals surface area contributed by atoms with Gasteiger partial charge in [0.15, 0.2) is 11.5 Å². The second-order valence-electron chi connectivity index (χ2n) is 5.60. The van der Waals surface area contributed by atoms with Gasteiger partial charge in [-0.05, 0) is 18.9 Å². The molecule has 0 radical (unpaired) electrons.